The monoisotopic (exact) mass is 250 g/mol. The largest absolute Gasteiger partial charge is 0.497 e. The number of hydrogen-bond acceptors (Lipinski definition) is 3. The fourth-order valence-corrected chi connectivity index (χ4v) is 2.03. The van der Waals surface area contributed by atoms with Gasteiger partial charge in [-0.05, 0) is 36.4 Å². The van der Waals surface area contributed by atoms with Crippen molar-refractivity contribution in [1.29, 1.82) is 0 Å². The lowest BCUT2D eigenvalue weighted by molar-refractivity contribution is 0.415. The van der Waals surface area contributed by atoms with Gasteiger partial charge in [-0.1, -0.05) is 18.2 Å². The van der Waals surface area contributed by atoms with E-state index in [4.69, 9.17) is 4.74 Å². The Bertz CT molecular complexity index is 687. The van der Waals surface area contributed by atoms with Crippen LogP contribution in [0.1, 0.15) is 0 Å². The molecule has 0 saturated carbocycles. The molecule has 1 heterocycles. The topological polar surface area (TPSA) is 34.1 Å². The molecule has 2 aromatic carbocycles. The van der Waals surface area contributed by atoms with E-state index in [0.717, 1.165) is 28.0 Å². The van der Waals surface area contributed by atoms with Crippen LogP contribution < -0.4 is 10.1 Å². The normalized spacial score (nSPS) is 10.4. The van der Waals surface area contributed by atoms with Crippen LogP contribution in [0, 0.1) is 0 Å². The third-order valence-corrected chi connectivity index (χ3v) is 3.02. The van der Waals surface area contributed by atoms with E-state index in [9.17, 15) is 0 Å². The van der Waals surface area contributed by atoms with E-state index in [1.54, 1.807) is 7.11 Å². The van der Waals surface area contributed by atoms with Gasteiger partial charge in [-0.15, -0.1) is 0 Å². The SMILES string of the molecule is COc1ccc(Nc2ccnc3ccccc23)cc1. The van der Waals surface area contributed by atoms with Crippen molar-refractivity contribution in [2.75, 3.05) is 12.4 Å². The molecule has 0 amide bonds. The van der Waals surface area contributed by atoms with Crippen LogP contribution in [0.25, 0.3) is 10.9 Å². The van der Waals surface area contributed by atoms with Crippen LogP contribution in [0.2, 0.25) is 0 Å². The third-order valence-electron chi connectivity index (χ3n) is 3.02. The first-order valence-electron chi connectivity index (χ1n) is 6.11. The molecule has 94 valence electrons. The van der Waals surface area contributed by atoms with Crippen LogP contribution in [0.4, 0.5) is 11.4 Å². The van der Waals surface area contributed by atoms with Gasteiger partial charge in [0.25, 0.3) is 0 Å². The molecule has 0 saturated heterocycles. The molecule has 0 bridgehead atoms. The summed E-state index contributed by atoms with van der Waals surface area (Å²) in [5.41, 5.74) is 3.06. The number of nitrogens with one attached hydrogen (secondary N) is 1. The van der Waals surface area contributed by atoms with Crippen molar-refractivity contribution in [3.05, 3.63) is 60.8 Å². The van der Waals surface area contributed by atoms with Crippen LogP contribution in [0.5, 0.6) is 5.75 Å². The van der Waals surface area contributed by atoms with Crippen LogP contribution in [0.15, 0.2) is 60.8 Å². The number of aromatic nitrogens is 1. The van der Waals surface area contributed by atoms with Crippen LogP contribution in [-0.4, -0.2) is 12.1 Å². The van der Waals surface area contributed by atoms with E-state index in [1.165, 1.54) is 0 Å². The molecule has 3 heteroatoms. The van der Waals surface area contributed by atoms with Gasteiger partial charge in [0.15, 0.2) is 0 Å². The standard InChI is InChI=1S/C16H14N2O/c1-19-13-8-6-12(7-9-13)18-16-10-11-17-15-5-3-2-4-14(15)16/h2-11H,1H3,(H,17,18). The van der Waals surface area contributed by atoms with Gasteiger partial charge in [0.2, 0.25) is 0 Å². The van der Waals surface area contributed by atoms with Crippen molar-refractivity contribution >= 4 is 22.3 Å². The first-order valence-corrected chi connectivity index (χ1v) is 6.11. The first-order chi connectivity index (χ1) is 9.36. The highest BCUT2D eigenvalue weighted by Gasteiger charge is 2.01. The molecule has 0 radical (unpaired) electrons. The summed E-state index contributed by atoms with van der Waals surface area (Å²) in [5, 5.41) is 4.51. The van der Waals surface area contributed by atoms with E-state index < -0.39 is 0 Å². The molecule has 0 atom stereocenters. The summed E-state index contributed by atoms with van der Waals surface area (Å²) in [4.78, 5) is 4.35. The minimum Gasteiger partial charge on any atom is -0.497 e. The Hall–Kier alpha value is -2.55. The van der Waals surface area contributed by atoms with Crippen LogP contribution in [0.3, 0.4) is 0 Å². The van der Waals surface area contributed by atoms with Gasteiger partial charge in [0, 0.05) is 23.0 Å². The molecule has 19 heavy (non-hydrogen) atoms. The average Bonchev–Trinajstić information content (AvgIpc) is 2.48. The van der Waals surface area contributed by atoms with Gasteiger partial charge >= 0.3 is 0 Å². The predicted molar refractivity (Wildman–Crippen MR) is 78.0 cm³/mol. The molecular weight excluding hydrogens is 236 g/mol. The fraction of sp³-hybridized carbons (Fsp3) is 0.0625. The maximum Gasteiger partial charge on any atom is 0.119 e. The summed E-state index contributed by atoms with van der Waals surface area (Å²) in [6, 6.07) is 17.9. The number of ether oxygens (including phenoxy) is 1. The van der Waals surface area contributed by atoms with Crippen molar-refractivity contribution in [1.82, 2.24) is 4.98 Å². The fourth-order valence-electron chi connectivity index (χ4n) is 2.03. The summed E-state index contributed by atoms with van der Waals surface area (Å²) >= 11 is 0. The smallest absolute Gasteiger partial charge is 0.119 e. The van der Waals surface area contributed by atoms with Gasteiger partial charge in [0.05, 0.1) is 12.6 Å². The molecule has 0 aliphatic carbocycles. The highest BCUT2D eigenvalue weighted by molar-refractivity contribution is 5.92. The van der Waals surface area contributed by atoms with Gasteiger partial charge in [0.1, 0.15) is 5.75 Å². The summed E-state index contributed by atoms with van der Waals surface area (Å²) in [6.07, 6.45) is 1.81. The molecule has 3 nitrogen and oxygen atoms in total. The molecule has 0 fully saturated rings. The molecule has 0 aliphatic rings. The predicted octanol–water partition coefficient (Wildman–Crippen LogP) is 3.99. The number of rotatable bonds is 3. The lowest BCUT2D eigenvalue weighted by Crippen LogP contribution is -1.92. The Morgan fingerprint density at radius 2 is 1.74 bits per heavy atom. The highest BCUT2D eigenvalue weighted by atomic mass is 16.5. The van der Waals surface area contributed by atoms with E-state index >= 15 is 0 Å². The Morgan fingerprint density at radius 1 is 0.947 bits per heavy atom. The summed E-state index contributed by atoms with van der Waals surface area (Å²) in [5.74, 6) is 0.852. The minimum absolute atomic E-state index is 0.852. The minimum atomic E-state index is 0.852. The van der Waals surface area contributed by atoms with Crippen molar-refractivity contribution in [3.63, 3.8) is 0 Å². The van der Waals surface area contributed by atoms with E-state index in [-0.39, 0.29) is 0 Å². The number of para-hydroxylation sites is 1. The molecular formula is C16H14N2O. The van der Waals surface area contributed by atoms with Crippen LogP contribution in [-0.2, 0) is 0 Å². The lowest BCUT2D eigenvalue weighted by atomic mass is 10.2. The Labute approximate surface area is 111 Å². The van der Waals surface area contributed by atoms with E-state index in [2.05, 4.69) is 16.4 Å². The molecule has 0 aliphatic heterocycles. The van der Waals surface area contributed by atoms with Crippen LogP contribution >= 0.6 is 0 Å². The quantitative estimate of drug-likeness (QED) is 0.763. The van der Waals surface area contributed by atoms with E-state index in [1.807, 2.05) is 54.7 Å². The van der Waals surface area contributed by atoms with Gasteiger partial charge in [-0.25, -0.2) is 0 Å². The number of anilines is 2. The van der Waals surface area contributed by atoms with Gasteiger partial charge in [-0.2, -0.15) is 0 Å². The number of fused-ring (bicyclic) bond motifs is 1. The molecule has 0 spiro atoms. The highest BCUT2D eigenvalue weighted by Crippen LogP contribution is 2.25. The first kappa shape index (κ1) is 11.5. The second-order valence-corrected chi connectivity index (χ2v) is 4.23. The van der Waals surface area contributed by atoms with E-state index in [0.29, 0.717) is 0 Å². The zero-order chi connectivity index (χ0) is 13.1. The maximum absolute atomic E-state index is 5.15. The summed E-state index contributed by atoms with van der Waals surface area (Å²) < 4.78 is 5.15. The van der Waals surface area contributed by atoms with Gasteiger partial charge in [-0.3, -0.25) is 4.98 Å². The summed E-state index contributed by atoms with van der Waals surface area (Å²) in [6.45, 7) is 0. The number of methoxy groups -OCH3 is 1. The summed E-state index contributed by atoms with van der Waals surface area (Å²) in [7, 11) is 1.67. The number of benzene rings is 2. The van der Waals surface area contributed by atoms with Crippen molar-refractivity contribution in [3.8, 4) is 5.75 Å². The van der Waals surface area contributed by atoms with Gasteiger partial charge < -0.3 is 10.1 Å². The lowest BCUT2D eigenvalue weighted by Gasteiger charge is -2.09. The Morgan fingerprint density at radius 3 is 2.53 bits per heavy atom. The number of nitrogens with zero attached hydrogens (tertiary/aromatic N) is 1. The third kappa shape index (κ3) is 2.36. The molecule has 0 unspecified atom stereocenters. The average molecular weight is 250 g/mol. The number of hydrogen-bond donors (Lipinski definition) is 1. The van der Waals surface area contributed by atoms with Crippen molar-refractivity contribution < 1.29 is 4.74 Å². The molecule has 3 rings (SSSR count). The number of pyridine rings is 1. The van der Waals surface area contributed by atoms with Crippen molar-refractivity contribution in [2.45, 2.75) is 0 Å². The zero-order valence-electron chi connectivity index (χ0n) is 10.6. The zero-order valence-corrected chi connectivity index (χ0v) is 10.6. The Balaban J connectivity index is 1.96. The second kappa shape index (κ2) is 4.98. The van der Waals surface area contributed by atoms with Crippen molar-refractivity contribution in [2.24, 2.45) is 0 Å². The maximum atomic E-state index is 5.15. The molecule has 1 N–H and O–H groups in total. The molecule has 1 aromatic heterocycles. The molecule has 3 aromatic rings. The second-order valence-electron chi connectivity index (χ2n) is 4.23. The Kier molecular flexibility index (Phi) is 3.02.